The molecule has 3 saturated heterocycles. The van der Waals surface area contributed by atoms with Crippen LogP contribution in [0.5, 0.6) is 5.75 Å². The minimum Gasteiger partial charge on any atom is -0.508 e. The van der Waals surface area contributed by atoms with E-state index in [1.54, 1.807) is 6.07 Å². The van der Waals surface area contributed by atoms with E-state index in [9.17, 15) is 5.11 Å². The molecule has 4 rings (SSSR count). The molecule has 5 nitrogen and oxygen atoms in total. The van der Waals surface area contributed by atoms with Gasteiger partial charge in [-0.1, -0.05) is 0 Å². The van der Waals surface area contributed by atoms with E-state index in [1.165, 1.54) is 0 Å². The van der Waals surface area contributed by atoms with Crippen LogP contribution in [0.2, 0.25) is 0 Å². The van der Waals surface area contributed by atoms with E-state index in [0.29, 0.717) is 0 Å². The molecule has 108 valence electrons. The summed E-state index contributed by atoms with van der Waals surface area (Å²) < 4.78 is 16.7. The van der Waals surface area contributed by atoms with Crippen molar-refractivity contribution in [1.82, 2.24) is 0 Å². The van der Waals surface area contributed by atoms with Crippen LogP contribution < -0.4 is 4.90 Å². The minimum atomic E-state index is 0.00638. The molecule has 5 heteroatoms. The Labute approximate surface area is 118 Å². The van der Waals surface area contributed by atoms with Gasteiger partial charge in [-0.15, -0.1) is 0 Å². The van der Waals surface area contributed by atoms with Gasteiger partial charge in [-0.3, -0.25) is 0 Å². The van der Waals surface area contributed by atoms with Crippen molar-refractivity contribution >= 4 is 5.69 Å². The molecule has 0 saturated carbocycles. The quantitative estimate of drug-likeness (QED) is 0.854. The van der Waals surface area contributed by atoms with Gasteiger partial charge in [0.1, 0.15) is 24.1 Å². The molecule has 3 aliphatic heterocycles. The molecule has 1 N–H and O–H groups in total. The lowest BCUT2D eigenvalue weighted by molar-refractivity contribution is 0.328. The molecule has 0 aromatic heterocycles. The lowest BCUT2D eigenvalue weighted by atomic mass is 10.1. The summed E-state index contributed by atoms with van der Waals surface area (Å²) in [4.78, 5) is 2.16. The summed E-state index contributed by atoms with van der Waals surface area (Å²) in [6, 6.07) is 5.63. The standard InChI is InChI=1S/C15H19NO4/c1-7-13(18-7)11-6-10(4-5-12(11)17)16(14-8(2)19-14)15-9(3)20-15/h4-9,13-15,17H,1-3H3. The topological polar surface area (TPSA) is 61.1 Å². The van der Waals surface area contributed by atoms with Gasteiger partial charge in [0.25, 0.3) is 0 Å². The second kappa shape index (κ2) is 4.10. The highest BCUT2D eigenvalue weighted by atomic mass is 16.6. The summed E-state index contributed by atoms with van der Waals surface area (Å²) in [6.07, 6.45) is 0.767. The molecule has 0 amide bonds. The summed E-state index contributed by atoms with van der Waals surface area (Å²) in [5, 5.41) is 10.00. The third-order valence-corrected chi connectivity index (χ3v) is 4.23. The summed E-state index contributed by atoms with van der Waals surface area (Å²) in [5.41, 5.74) is 1.87. The van der Waals surface area contributed by atoms with Crippen molar-refractivity contribution in [3.63, 3.8) is 0 Å². The van der Waals surface area contributed by atoms with Crippen LogP contribution in [0.3, 0.4) is 0 Å². The molecule has 20 heavy (non-hydrogen) atoms. The molecule has 1 aromatic carbocycles. The molecular formula is C15H19NO4. The van der Waals surface area contributed by atoms with Crippen molar-refractivity contribution in [3.05, 3.63) is 23.8 Å². The Morgan fingerprint density at radius 2 is 1.50 bits per heavy atom. The van der Waals surface area contributed by atoms with Gasteiger partial charge in [0.15, 0.2) is 12.5 Å². The Morgan fingerprint density at radius 3 is 1.95 bits per heavy atom. The van der Waals surface area contributed by atoms with Crippen molar-refractivity contribution in [1.29, 1.82) is 0 Å². The first-order valence-electron chi connectivity index (χ1n) is 7.14. The number of phenolic OH excluding ortho intramolecular Hbond substituents is 1. The predicted octanol–water partition coefficient (Wildman–Crippen LogP) is 2.15. The van der Waals surface area contributed by atoms with Crippen LogP contribution in [-0.4, -0.2) is 35.9 Å². The highest BCUT2D eigenvalue weighted by Gasteiger charge is 2.51. The molecular weight excluding hydrogens is 258 g/mol. The number of anilines is 1. The van der Waals surface area contributed by atoms with Crippen molar-refractivity contribution in [2.45, 2.75) is 57.6 Å². The summed E-state index contributed by atoms with van der Waals surface area (Å²) in [7, 11) is 0. The zero-order valence-corrected chi connectivity index (χ0v) is 11.8. The zero-order valence-electron chi connectivity index (χ0n) is 11.8. The molecule has 3 aliphatic rings. The Hall–Kier alpha value is -1.30. The third kappa shape index (κ3) is 1.97. The van der Waals surface area contributed by atoms with Crippen LogP contribution in [0.15, 0.2) is 18.2 Å². The molecule has 0 bridgehead atoms. The monoisotopic (exact) mass is 277 g/mol. The van der Waals surface area contributed by atoms with E-state index >= 15 is 0 Å². The van der Waals surface area contributed by atoms with Gasteiger partial charge in [-0.05, 0) is 39.0 Å². The fourth-order valence-corrected chi connectivity index (χ4v) is 2.81. The smallest absolute Gasteiger partial charge is 0.159 e. The van der Waals surface area contributed by atoms with Gasteiger partial charge >= 0.3 is 0 Å². The molecule has 6 atom stereocenters. The lowest BCUT2D eigenvalue weighted by Crippen LogP contribution is -2.32. The first kappa shape index (κ1) is 12.4. The molecule has 6 unspecified atom stereocenters. The molecule has 1 aromatic rings. The number of ether oxygens (including phenoxy) is 3. The van der Waals surface area contributed by atoms with Crippen molar-refractivity contribution in [2.75, 3.05) is 4.90 Å². The van der Waals surface area contributed by atoms with E-state index < -0.39 is 0 Å². The van der Waals surface area contributed by atoms with E-state index in [1.807, 2.05) is 19.1 Å². The molecule has 0 radical (unpaired) electrons. The third-order valence-electron chi connectivity index (χ3n) is 4.23. The number of hydrogen-bond donors (Lipinski definition) is 1. The average Bonchev–Trinajstić information content (AvgIpc) is 3.31. The maximum atomic E-state index is 10.00. The maximum Gasteiger partial charge on any atom is 0.159 e. The number of nitrogens with zero attached hydrogens (tertiary/aromatic N) is 1. The lowest BCUT2D eigenvalue weighted by Gasteiger charge is -2.21. The Kier molecular flexibility index (Phi) is 2.55. The molecule has 0 spiro atoms. The number of aromatic hydroxyl groups is 1. The first-order chi connectivity index (χ1) is 9.56. The van der Waals surface area contributed by atoms with E-state index in [2.05, 4.69) is 18.7 Å². The Bertz CT molecular complexity index is 533. The number of epoxide rings is 3. The SMILES string of the molecule is CC1OC1c1cc(N(C2OC2C)C2OC2C)ccc1O. The molecule has 3 fully saturated rings. The number of benzene rings is 1. The van der Waals surface area contributed by atoms with E-state index in [4.69, 9.17) is 14.2 Å². The zero-order chi connectivity index (χ0) is 14.0. The van der Waals surface area contributed by atoms with Crippen LogP contribution >= 0.6 is 0 Å². The second-order valence-electron chi connectivity index (χ2n) is 5.88. The van der Waals surface area contributed by atoms with Crippen molar-refractivity contribution in [3.8, 4) is 5.75 Å². The van der Waals surface area contributed by atoms with Gasteiger partial charge in [0.2, 0.25) is 0 Å². The minimum absolute atomic E-state index is 0.00638. The average molecular weight is 277 g/mol. The Balaban J connectivity index is 1.66. The fourth-order valence-electron chi connectivity index (χ4n) is 2.81. The van der Waals surface area contributed by atoms with Crippen LogP contribution in [0.4, 0.5) is 5.69 Å². The second-order valence-corrected chi connectivity index (χ2v) is 5.88. The van der Waals surface area contributed by atoms with Gasteiger partial charge in [-0.25, -0.2) is 0 Å². The van der Waals surface area contributed by atoms with Crippen molar-refractivity contribution in [2.24, 2.45) is 0 Å². The van der Waals surface area contributed by atoms with Crippen LogP contribution in [0, 0.1) is 0 Å². The highest BCUT2D eigenvalue weighted by Crippen LogP contribution is 2.46. The van der Waals surface area contributed by atoms with Crippen molar-refractivity contribution < 1.29 is 19.3 Å². The molecule has 3 heterocycles. The summed E-state index contributed by atoms with van der Waals surface area (Å²) in [5.74, 6) is 0.289. The number of rotatable bonds is 4. The predicted molar refractivity (Wildman–Crippen MR) is 72.5 cm³/mol. The number of phenols is 1. The van der Waals surface area contributed by atoms with Gasteiger partial charge in [-0.2, -0.15) is 0 Å². The maximum absolute atomic E-state index is 10.00. The summed E-state index contributed by atoms with van der Waals surface area (Å²) >= 11 is 0. The summed E-state index contributed by atoms with van der Waals surface area (Å²) in [6.45, 7) is 6.11. The van der Waals surface area contributed by atoms with E-state index in [-0.39, 0.29) is 42.6 Å². The van der Waals surface area contributed by atoms with Gasteiger partial charge < -0.3 is 24.2 Å². The van der Waals surface area contributed by atoms with Gasteiger partial charge in [0.05, 0.1) is 6.10 Å². The fraction of sp³-hybridized carbons (Fsp3) is 0.600. The normalized spacial score (nSPS) is 41.4. The Morgan fingerprint density at radius 1 is 0.950 bits per heavy atom. The molecule has 0 aliphatic carbocycles. The number of hydrogen-bond acceptors (Lipinski definition) is 5. The van der Waals surface area contributed by atoms with E-state index in [0.717, 1.165) is 11.3 Å². The van der Waals surface area contributed by atoms with Gasteiger partial charge in [0, 0.05) is 11.3 Å². The highest BCUT2D eigenvalue weighted by molar-refractivity contribution is 5.56. The first-order valence-corrected chi connectivity index (χ1v) is 7.14. The van der Waals surface area contributed by atoms with Crippen LogP contribution in [0.25, 0.3) is 0 Å². The largest absolute Gasteiger partial charge is 0.508 e. The van der Waals surface area contributed by atoms with Crippen LogP contribution in [-0.2, 0) is 14.2 Å². The van der Waals surface area contributed by atoms with Crippen LogP contribution in [0.1, 0.15) is 32.4 Å².